The summed E-state index contributed by atoms with van der Waals surface area (Å²) < 4.78 is 0. The topological polar surface area (TPSA) is 55.1 Å². The molecule has 0 radical (unpaired) electrons. The summed E-state index contributed by atoms with van der Waals surface area (Å²) >= 11 is 1.26. The van der Waals surface area contributed by atoms with E-state index in [-0.39, 0.29) is 9.99 Å². The number of thioether (sulfide) groups is 1. The van der Waals surface area contributed by atoms with Crippen molar-refractivity contribution in [1.82, 2.24) is 5.32 Å². The van der Waals surface area contributed by atoms with E-state index >= 15 is 0 Å². The predicted molar refractivity (Wildman–Crippen MR) is 42.1 cm³/mol. The summed E-state index contributed by atoms with van der Waals surface area (Å²) in [7, 11) is 0. The van der Waals surface area contributed by atoms with E-state index in [0.29, 0.717) is 5.70 Å². The van der Waals surface area contributed by atoms with Gasteiger partial charge in [-0.25, -0.2) is 0 Å². The molecule has 10 heavy (non-hydrogen) atoms. The van der Waals surface area contributed by atoms with E-state index < -0.39 is 0 Å². The highest BCUT2D eigenvalue weighted by Crippen LogP contribution is 2.31. The van der Waals surface area contributed by atoms with Crippen LogP contribution >= 0.6 is 11.8 Å². The van der Waals surface area contributed by atoms with Crippen LogP contribution in [0, 0.1) is 0 Å². The molecule has 0 amide bonds. The largest absolute Gasteiger partial charge is 0.403 e. The van der Waals surface area contributed by atoms with Gasteiger partial charge in [0.1, 0.15) is 5.70 Å². The summed E-state index contributed by atoms with van der Waals surface area (Å²) in [6, 6.07) is 0. The average Bonchev–Trinajstić information content (AvgIpc) is 2.05. The smallest absolute Gasteiger partial charge is 0.238 e. The van der Waals surface area contributed by atoms with Crippen LogP contribution in [0.25, 0.3) is 0 Å². The van der Waals surface area contributed by atoms with E-state index in [9.17, 15) is 4.79 Å². The van der Waals surface area contributed by atoms with Crippen molar-refractivity contribution in [3.05, 3.63) is 11.9 Å². The molecule has 0 aromatic carbocycles. The Bertz CT molecular complexity index is 198. The highest BCUT2D eigenvalue weighted by molar-refractivity contribution is 8.15. The lowest BCUT2D eigenvalue weighted by molar-refractivity contribution is -0.107. The molecule has 56 valence electrons. The Kier molecular flexibility index (Phi) is 1.64. The molecule has 0 aliphatic carbocycles. The Balaban J connectivity index is 2.81. The number of carbonyl (C=O) groups excluding carboxylic acids is 1. The third kappa shape index (κ3) is 1.26. The van der Waals surface area contributed by atoms with E-state index in [0.717, 1.165) is 0 Å². The van der Waals surface area contributed by atoms with Gasteiger partial charge in [-0.3, -0.25) is 4.79 Å². The van der Waals surface area contributed by atoms with Crippen LogP contribution in [0.4, 0.5) is 0 Å². The van der Waals surface area contributed by atoms with Gasteiger partial charge in [0.2, 0.25) is 5.12 Å². The Morgan fingerprint density at radius 1 is 1.70 bits per heavy atom. The SMILES string of the molecule is CC1(C)N/C(=C\N)C(=O)S1. The van der Waals surface area contributed by atoms with Crippen molar-refractivity contribution in [3.63, 3.8) is 0 Å². The number of hydrogen-bond acceptors (Lipinski definition) is 4. The summed E-state index contributed by atoms with van der Waals surface area (Å²) in [6.45, 7) is 3.87. The summed E-state index contributed by atoms with van der Waals surface area (Å²) in [4.78, 5) is 10.8. The zero-order valence-corrected chi connectivity index (χ0v) is 6.79. The second-order valence-electron chi connectivity index (χ2n) is 2.61. The maximum absolute atomic E-state index is 11.0. The normalized spacial score (nSPS) is 27.0. The molecule has 4 heteroatoms. The van der Waals surface area contributed by atoms with E-state index in [4.69, 9.17) is 5.73 Å². The fourth-order valence-electron chi connectivity index (χ4n) is 0.797. The van der Waals surface area contributed by atoms with Crippen LogP contribution in [0.1, 0.15) is 13.8 Å². The summed E-state index contributed by atoms with van der Waals surface area (Å²) in [5.41, 5.74) is 5.70. The van der Waals surface area contributed by atoms with E-state index in [1.165, 1.54) is 18.0 Å². The summed E-state index contributed by atoms with van der Waals surface area (Å²) in [6.07, 6.45) is 1.31. The maximum atomic E-state index is 11.0. The molecule has 3 N–H and O–H groups in total. The van der Waals surface area contributed by atoms with Gasteiger partial charge in [0.15, 0.2) is 0 Å². The van der Waals surface area contributed by atoms with Crippen LogP contribution in [0.3, 0.4) is 0 Å². The average molecular weight is 158 g/mol. The van der Waals surface area contributed by atoms with Crippen molar-refractivity contribution in [3.8, 4) is 0 Å². The molecule has 0 aromatic heterocycles. The van der Waals surface area contributed by atoms with Gasteiger partial charge in [-0.1, -0.05) is 11.8 Å². The van der Waals surface area contributed by atoms with Gasteiger partial charge in [0, 0.05) is 6.20 Å². The van der Waals surface area contributed by atoms with Gasteiger partial charge in [-0.15, -0.1) is 0 Å². The Morgan fingerprint density at radius 2 is 2.30 bits per heavy atom. The van der Waals surface area contributed by atoms with Gasteiger partial charge < -0.3 is 11.1 Å². The number of hydrogen-bond donors (Lipinski definition) is 2. The van der Waals surface area contributed by atoms with Crippen molar-refractivity contribution in [2.75, 3.05) is 0 Å². The molecule has 1 aliphatic heterocycles. The third-order valence-electron chi connectivity index (χ3n) is 1.17. The van der Waals surface area contributed by atoms with Crippen LogP contribution in [0.2, 0.25) is 0 Å². The fraction of sp³-hybridized carbons (Fsp3) is 0.500. The molecule has 1 heterocycles. The molecule has 0 unspecified atom stereocenters. The minimum atomic E-state index is -0.192. The van der Waals surface area contributed by atoms with Crippen molar-refractivity contribution in [2.24, 2.45) is 5.73 Å². The van der Waals surface area contributed by atoms with Gasteiger partial charge in [0.05, 0.1) is 4.87 Å². The second-order valence-corrected chi connectivity index (χ2v) is 4.20. The maximum Gasteiger partial charge on any atom is 0.238 e. The Morgan fingerprint density at radius 3 is 2.50 bits per heavy atom. The third-order valence-corrected chi connectivity index (χ3v) is 2.19. The van der Waals surface area contributed by atoms with Gasteiger partial charge >= 0.3 is 0 Å². The first-order chi connectivity index (χ1) is 4.55. The number of rotatable bonds is 0. The number of nitrogens with two attached hydrogens (primary N) is 1. The molecule has 0 saturated carbocycles. The molecule has 1 saturated heterocycles. The first kappa shape index (κ1) is 7.47. The molecular weight excluding hydrogens is 148 g/mol. The van der Waals surface area contributed by atoms with E-state index in [1.54, 1.807) is 0 Å². The van der Waals surface area contributed by atoms with Crippen molar-refractivity contribution in [1.29, 1.82) is 0 Å². The standard InChI is InChI=1S/C6H10N2OS/c1-6(2)8-4(3-7)5(9)10-6/h3,8H,7H2,1-2H3/b4-3-. The lowest BCUT2D eigenvalue weighted by atomic mass is 10.3. The molecule has 0 spiro atoms. The van der Waals surface area contributed by atoms with Crippen LogP contribution in [-0.2, 0) is 4.79 Å². The minimum absolute atomic E-state index is 0.0208. The molecule has 3 nitrogen and oxygen atoms in total. The van der Waals surface area contributed by atoms with Crippen LogP contribution in [0.15, 0.2) is 11.9 Å². The molecule has 0 aromatic rings. The van der Waals surface area contributed by atoms with Gasteiger partial charge in [-0.05, 0) is 13.8 Å². The Hall–Kier alpha value is -0.640. The summed E-state index contributed by atoms with van der Waals surface area (Å²) in [5.74, 6) is 0. The molecule has 1 aliphatic rings. The zero-order valence-electron chi connectivity index (χ0n) is 5.97. The van der Waals surface area contributed by atoms with Crippen LogP contribution in [0.5, 0.6) is 0 Å². The van der Waals surface area contributed by atoms with E-state index in [1.807, 2.05) is 13.8 Å². The monoisotopic (exact) mass is 158 g/mol. The van der Waals surface area contributed by atoms with Gasteiger partial charge in [0.25, 0.3) is 0 Å². The second kappa shape index (κ2) is 2.20. The Labute approximate surface area is 64.0 Å². The van der Waals surface area contributed by atoms with Crippen molar-refractivity contribution >= 4 is 16.9 Å². The number of nitrogens with one attached hydrogen (secondary N) is 1. The lowest BCUT2D eigenvalue weighted by Gasteiger charge is -2.14. The van der Waals surface area contributed by atoms with Crippen molar-refractivity contribution < 1.29 is 4.79 Å². The first-order valence-corrected chi connectivity index (χ1v) is 3.80. The molecule has 0 atom stereocenters. The van der Waals surface area contributed by atoms with Crippen LogP contribution in [-0.4, -0.2) is 9.99 Å². The quantitative estimate of drug-likeness (QED) is 0.501. The molecule has 0 bridgehead atoms. The highest BCUT2D eigenvalue weighted by Gasteiger charge is 2.33. The predicted octanol–water partition coefficient (Wildman–Crippen LogP) is 0.386. The zero-order chi connectivity index (χ0) is 7.78. The van der Waals surface area contributed by atoms with Gasteiger partial charge in [-0.2, -0.15) is 0 Å². The lowest BCUT2D eigenvalue weighted by Crippen LogP contribution is -2.28. The molecule has 1 fully saturated rings. The van der Waals surface area contributed by atoms with Crippen molar-refractivity contribution in [2.45, 2.75) is 18.7 Å². The number of carbonyl (C=O) groups is 1. The molecule has 1 rings (SSSR count). The molecular formula is C6H10N2OS. The fourth-order valence-corrected chi connectivity index (χ4v) is 1.65. The highest BCUT2D eigenvalue weighted by atomic mass is 32.2. The summed E-state index contributed by atoms with van der Waals surface area (Å²) in [5, 5.41) is 3.00. The van der Waals surface area contributed by atoms with E-state index in [2.05, 4.69) is 5.32 Å². The first-order valence-electron chi connectivity index (χ1n) is 2.98. The minimum Gasteiger partial charge on any atom is -0.403 e. The van der Waals surface area contributed by atoms with Crippen LogP contribution < -0.4 is 11.1 Å².